The molecule has 2 heterocycles. The lowest BCUT2D eigenvalue weighted by Crippen LogP contribution is -2.53. The molecule has 1 aromatic heterocycles. The Bertz CT molecular complexity index is 779. The number of aromatic nitrogens is 3. The lowest BCUT2D eigenvalue weighted by molar-refractivity contribution is -0.0893. The fourth-order valence-corrected chi connectivity index (χ4v) is 4.42. The third-order valence-corrected chi connectivity index (χ3v) is 5.95. The lowest BCUT2D eigenvalue weighted by atomic mass is 9.79. The first-order chi connectivity index (χ1) is 12.7. The van der Waals surface area contributed by atoms with Gasteiger partial charge in [0, 0.05) is 32.0 Å². The summed E-state index contributed by atoms with van der Waals surface area (Å²) < 4.78 is 13.3. The zero-order valence-electron chi connectivity index (χ0n) is 15.2. The Kier molecular flexibility index (Phi) is 4.50. The monoisotopic (exact) mass is 356 g/mol. The number of ether oxygens (including phenoxy) is 2. The number of methoxy groups -OCH3 is 2. The van der Waals surface area contributed by atoms with E-state index in [2.05, 4.69) is 10.2 Å². The van der Waals surface area contributed by atoms with Crippen molar-refractivity contribution in [3.8, 4) is 5.69 Å². The van der Waals surface area contributed by atoms with Crippen LogP contribution in [0.25, 0.3) is 5.69 Å². The van der Waals surface area contributed by atoms with Crippen LogP contribution in [0.5, 0.6) is 0 Å². The number of likely N-dealkylation sites (tertiary alicyclic amines) is 1. The smallest absolute Gasteiger partial charge is 0.254 e. The topological polar surface area (TPSA) is 69.5 Å². The van der Waals surface area contributed by atoms with Crippen molar-refractivity contribution < 1.29 is 14.3 Å². The van der Waals surface area contributed by atoms with Crippen molar-refractivity contribution in [2.75, 3.05) is 20.8 Å². The fourth-order valence-electron chi connectivity index (χ4n) is 4.42. The van der Waals surface area contributed by atoms with Gasteiger partial charge in [0.25, 0.3) is 5.91 Å². The Morgan fingerprint density at radius 1 is 1.23 bits per heavy atom. The highest BCUT2D eigenvalue weighted by molar-refractivity contribution is 5.95. The number of nitrogens with zero attached hydrogens (tertiary/aromatic N) is 4. The van der Waals surface area contributed by atoms with Gasteiger partial charge in [0.05, 0.1) is 17.7 Å². The summed E-state index contributed by atoms with van der Waals surface area (Å²) in [7, 11) is 3.51. The highest BCUT2D eigenvalue weighted by Gasteiger charge is 2.52. The number of carbonyl (C=O) groups is 1. The third kappa shape index (κ3) is 2.81. The summed E-state index contributed by atoms with van der Waals surface area (Å²) in [6.07, 6.45) is 7.03. The van der Waals surface area contributed by atoms with E-state index in [4.69, 9.17) is 9.47 Å². The van der Waals surface area contributed by atoms with Gasteiger partial charge in [-0.3, -0.25) is 9.36 Å². The normalized spacial score (nSPS) is 28.2. The van der Waals surface area contributed by atoms with Gasteiger partial charge >= 0.3 is 0 Å². The molecule has 138 valence electrons. The van der Waals surface area contributed by atoms with Crippen LogP contribution in [0.15, 0.2) is 36.9 Å². The van der Waals surface area contributed by atoms with Gasteiger partial charge in [-0.1, -0.05) is 6.07 Å². The molecule has 0 spiro atoms. The van der Waals surface area contributed by atoms with E-state index in [0.29, 0.717) is 12.1 Å². The highest BCUT2D eigenvalue weighted by Crippen LogP contribution is 2.43. The van der Waals surface area contributed by atoms with Gasteiger partial charge in [0.15, 0.2) is 0 Å². The standard InChI is InChI=1S/C19H24N4O3/c1-25-16-6-7-19(26-2)8-9-23(17(19)11-16)18(24)14-4-3-5-15(10-14)22-12-20-21-13-22/h3-5,10,12-13,16-17H,6-9,11H2,1-2H3/t16-,17+,19-/m0/s1. The van der Waals surface area contributed by atoms with Crippen LogP contribution in [-0.2, 0) is 9.47 Å². The zero-order chi connectivity index (χ0) is 18.1. The number of rotatable bonds is 4. The van der Waals surface area contributed by atoms with Gasteiger partial charge in [-0.25, -0.2) is 0 Å². The second-order valence-corrected chi connectivity index (χ2v) is 7.08. The Labute approximate surface area is 152 Å². The van der Waals surface area contributed by atoms with Crippen molar-refractivity contribution in [1.82, 2.24) is 19.7 Å². The molecule has 1 saturated heterocycles. The average Bonchev–Trinajstić information content (AvgIpc) is 3.35. The van der Waals surface area contributed by atoms with Crippen molar-refractivity contribution in [3.05, 3.63) is 42.5 Å². The molecule has 0 radical (unpaired) electrons. The van der Waals surface area contributed by atoms with Gasteiger partial charge in [0.2, 0.25) is 0 Å². The molecule has 2 aromatic rings. The van der Waals surface area contributed by atoms with Crippen LogP contribution in [0, 0.1) is 0 Å². The van der Waals surface area contributed by atoms with Crippen LogP contribution in [-0.4, -0.2) is 64.1 Å². The minimum absolute atomic E-state index is 0.0422. The summed E-state index contributed by atoms with van der Waals surface area (Å²) in [5, 5.41) is 7.66. The maximum Gasteiger partial charge on any atom is 0.254 e. The molecule has 0 bridgehead atoms. The van der Waals surface area contributed by atoms with Crippen molar-refractivity contribution >= 4 is 5.91 Å². The van der Waals surface area contributed by atoms with E-state index in [1.165, 1.54) is 0 Å². The maximum absolute atomic E-state index is 13.3. The van der Waals surface area contributed by atoms with Crippen molar-refractivity contribution in [2.45, 2.75) is 43.4 Å². The summed E-state index contributed by atoms with van der Waals surface area (Å²) in [5.74, 6) is 0.0422. The molecule has 1 aliphatic carbocycles. The molecule has 2 fully saturated rings. The minimum atomic E-state index is -0.240. The molecule has 3 atom stereocenters. The van der Waals surface area contributed by atoms with Crippen LogP contribution in [0.2, 0.25) is 0 Å². The largest absolute Gasteiger partial charge is 0.381 e. The zero-order valence-corrected chi connectivity index (χ0v) is 15.2. The quantitative estimate of drug-likeness (QED) is 0.839. The van der Waals surface area contributed by atoms with Gasteiger partial charge in [-0.2, -0.15) is 0 Å². The lowest BCUT2D eigenvalue weighted by Gasteiger charge is -2.43. The first-order valence-corrected chi connectivity index (χ1v) is 9.01. The summed E-state index contributed by atoms with van der Waals surface area (Å²) >= 11 is 0. The van der Waals surface area contributed by atoms with Crippen LogP contribution >= 0.6 is 0 Å². The summed E-state index contributed by atoms with van der Waals surface area (Å²) in [5.41, 5.74) is 1.30. The molecule has 2 aliphatic rings. The van der Waals surface area contributed by atoms with Crippen LogP contribution in [0.4, 0.5) is 0 Å². The third-order valence-electron chi connectivity index (χ3n) is 5.95. The molecular formula is C19H24N4O3. The second-order valence-electron chi connectivity index (χ2n) is 7.08. The molecule has 1 aliphatic heterocycles. The predicted molar refractivity (Wildman–Crippen MR) is 95.2 cm³/mol. The van der Waals surface area contributed by atoms with E-state index in [-0.39, 0.29) is 23.7 Å². The Balaban J connectivity index is 1.61. The molecule has 7 heteroatoms. The maximum atomic E-state index is 13.3. The van der Waals surface area contributed by atoms with Crippen molar-refractivity contribution in [1.29, 1.82) is 0 Å². The van der Waals surface area contributed by atoms with Crippen molar-refractivity contribution in [2.24, 2.45) is 0 Å². The predicted octanol–water partition coefficient (Wildman–Crippen LogP) is 2.07. The highest BCUT2D eigenvalue weighted by atomic mass is 16.5. The minimum Gasteiger partial charge on any atom is -0.381 e. The van der Waals surface area contributed by atoms with E-state index in [1.807, 2.05) is 29.2 Å². The first-order valence-electron chi connectivity index (χ1n) is 9.01. The second kappa shape index (κ2) is 6.81. The SMILES string of the molecule is CO[C@H]1CC[C@]2(OC)CCN(C(=O)c3cccc(-n4cnnc4)c3)[C@@H]2C1. The number of fused-ring (bicyclic) bond motifs is 1. The number of benzene rings is 1. The molecule has 0 unspecified atom stereocenters. The Hall–Kier alpha value is -2.25. The Morgan fingerprint density at radius 3 is 2.77 bits per heavy atom. The Morgan fingerprint density at radius 2 is 2.04 bits per heavy atom. The van der Waals surface area contributed by atoms with E-state index >= 15 is 0 Å². The van der Waals surface area contributed by atoms with E-state index in [1.54, 1.807) is 31.4 Å². The van der Waals surface area contributed by atoms with Crippen LogP contribution in [0.3, 0.4) is 0 Å². The molecule has 7 nitrogen and oxygen atoms in total. The van der Waals surface area contributed by atoms with E-state index in [0.717, 1.165) is 31.4 Å². The van der Waals surface area contributed by atoms with Gasteiger partial charge in [-0.15, -0.1) is 10.2 Å². The molecule has 4 rings (SSSR count). The van der Waals surface area contributed by atoms with Gasteiger partial charge < -0.3 is 14.4 Å². The molecule has 1 aromatic carbocycles. The number of carbonyl (C=O) groups excluding carboxylic acids is 1. The number of hydrogen-bond donors (Lipinski definition) is 0. The van der Waals surface area contributed by atoms with Crippen molar-refractivity contribution in [3.63, 3.8) is 0 Å². The summed E-state index contributed by atoms with van der Waals surface area (Å²) in [4.78, 5) is 15.2. The van der Waals surface area contributed by atoms with Crippen LogP contribution in [0.1, 0.15) is 36.0 Å². The molecular weight excluding hydrogens is 332 g/mol. The summed E-state index contributed by atoms with van der Waals surface area (Å²) in [6.45, 7) is 0.713. The first kappa shape index (κ1) is 17.2. The van der Waals surface area contributed by atoms with E-state index in [9.17, 15) is 4.79 Å². The molecule has 1 saturated carbocycles. The molecule has 1 amide bonds. The molecule has 26 heavy (non-hydrogen) atoms. The summed E-state index contributed by atoms with van der Waals surface area (Å²) in [6, 6.07) is 7.62. The van der Waals surface area contributed by atoms with Crippen LogP contribution < -0.4 is 0 Å². The average molecular weight is 356 g/mol. The number of amides is 1. The van der Waals surface area contributed by atoms with E-state index < -0.39 is 0 Å². The number of hydrogen-bond acceptors (Lipinski definition) is 5. The fraction of sp³-hybridized carbons (Fsp3) is 0.526. The van der Waals surface area contributed by atoms with Gasteiger partial charge in [0.1, 0.15) is 12.7 Å². The molecule has 0 N–H and O–H groups in total. The van der Waals surface area contributed by atoms with Gasteiger partial charge in [-0.05, 0) is 43.9 Å².